The molecule has 1 amide bonds. The monoisotopic (exact) mass is 307 g/mol. The Morgan fingerprint density at radius 1 is 1.37 bits per heavy atom. The molecule has 1 rings (SSSR count). The van der Waals surface area contributed by atoms with E-state index in [0.29, 0.717) is 12.8 Å². The first-order valence-electron chi connectivity index (χ1n) is 6.21. The molecule has 0 radical (unpaired) electrons. The summed E-state index contributed by atoms with van der Waals surface area (Å²) in [7, 11) is -0.377. The van der Waals surface area contributed by atoms with Gasteiger partial charge in [0.1, 0.15) is 0 Å². The van der Waals surface area contributed by atoms with Crippen LogP contribution in [0, 0.1) is 5.41 Å². The smallest absolute Gasteiger partial charge is 0.233 e. The first-order chi connectivity index (χ1) is 8.72. The van der Waals surface area contributed by atoms with Crippen molar-refractivity contribution in [2.24, 2.45) is 11.1 Å². The Morgan fingerprint density at radius 3 is 2.32 bits per heavy atom. The molecule has 0 aromatic heterocycles. The van der Waals surface area contributed by atoms with E-state index in [2.05, 4.69) is 5.32 Å². The Hall–Kier alpha value is -0.730. The number of nitrogens with zero attached hydrogens (tertiary/aromatic N) is 1. The lowest BCUT2D eigenvalue weighted by Crippen LogP contribution is -2.48. The van der Waals surface area contributed by atoms with E-state index < -0.39 is 15.4 Å². The Kier molecular flexibility index (Phi) is 5.28. The van der Waals surface area contributed by atoms with Gasteiger partial charge in [-0.2, -0.15) is 0 Å². The molecule has 0 aliphatic heterocycles. The molecule has 0 aromatic rings. The Balaban J connectivity index is 2.58. The highest BCUT2D eigenvalue weighted by atomic mass is 32.2. The van der Waals surface area contributed by atoms with Gasteiger partial charge >= 0.3 is 0 Å². The molecular weight excluding hydrogens is 286 g/mol. The molecule has 0 saturated heterocycles. The summed E-state index contributed by atoms with van der Waals surface area (Å²) in [5, 5.41) is 2.65. The Morgan fingerprint density at radius 2 is 1.89 bits per heavy atom. The molecule has 0 aromatic carbocycles. The van der Waals surface area contributed by atoms with E-state index in [-0.39, 0.29) is 23.2 Å². The minimum absolute atomic E-state index is 0.0731. The summed E-state index contributed by atoms with van der Waals surface area (Å²) in [6.07, 6.45) is 3.13. The second kappa shape index (κ2) is 6.15. The number of hydrogen-bond acceptors (Lipinski definition) is 4. The fourth-order valence-corrected chi connectivity index (χ4v) is 3.23. The minimum Gasteiger partial charge on any atom is -0.392 e. The number of carbonyl (C=O) groups is 1. The van der Waals surface area contributed by atoms with Crippen LogP contribution >= 0.6 is 12.2 Å². The molecule has 1 saturated carbocycles. The molecule has 0 unspecified atom stereocenters. The van der Waals surface area contributed by atoms with Crippen LogP contribution in [0.25, 0.3) is 0 Å². The van der Waals surface area contributed by atoms with Crippen molar-refractivity contribution in [2.45, 2.75) is 25.7 Å². The molecule has 110 valence electrons. The van der Waals surface area contributed by atoms with E-state index in [1.54, 1.807) is 0 Å². The van der Waals surface area contributed by atoms with Gasteiger partial charge < -0.3 is 11.1 Å². The number of hydrogen-bond donors (Lipinski definition) is 2. The van der Waals surface area contributed by atoms with Gasteiger partial charge in [-0.05, 0) is 12.8 Å². The van der Waals surface area contributed by atoms with Gasteiger partial charge in [0, 0.05) is 20.6 Å². The van der Waals surface area contributed by atoms with Gasteiger partial charge in [0.15, 0.2) is 0 Å². The zero-order valence-corrected chi connectivity index (χ0v) is 12.9. The van der Waals surface area contributed by atoms with E-state index in [1.165, 1.54) is 14.1 Å². The molecule has 0 bridgehead atoms. The molecule has 3 N–H and O–H groups in total. The van der Waals surface area contributed by atoms with E-state index in [9.17, 15) is 13.2 Å². The van der Waals surface area contributed by atoms with E-state index >= 15 is 0 Å². The van der Waals surface area contributed by atoms with E-state index in [0.717, 1.165) is 17.1 Å². The van der Waals surface area contributed by atoms with Crippen molar-refractivity contribution in [1.29, 1.82) is 0 Å². The molecule has 0 atom stereocenters. The average molecular weight is 307 g/mol. The maximum atomic E-state index is 12.2. The maximum absolute atomic E-state index is 12.2. The largest absolute Gasteiger partial charge is 0.392 e. The number of amides is 1. The van der Waals surface area contributed by atoms with Gasteiger partial charge in [0.05, 0.1) is 16.2 Å². The zero-order valence-electron chi connectivity index (χ0n) is 11.3. The fourth-order valence-electron chi connectivity index (χ4n) is 2.21. The third-order valence-corrected chi connectivity index (χ3v) is 5.79. The van der Waals surface area contributed by atoms with Crippen molar-refractivity contribution >= 4 is 33.1 Å². The van der Waals surface area contributed by atoms with Crippen LogP contribution in [0.5, 0.6) is 0 Å². The first kappa shape index (κ1) is 16.3. The van der Waals surface area contributed by atoms with Crippen LogP contribution in [0.4, 0.5) is 0 Å². The number of carbonyl (C=O) groups excluding carboxylic acids is 1. The van der Waals surface area contributed by atoms with Crippen molar-refractivity contribution in [3.05, 3.63) is 0 Å². The van der Waals surface area contributed by atoms with Crippen LogP contribution in [-0.2, 0) is 14.8 Å². The van der Waals surface area contributed by atoms with E-state index in [1.807, 2.05) is 0 Å². The van der Waals surface area contributed by atoms with Gasteiger partial charge in [0.25, 0.3) is 0 Å². The summed E-state index contributed by atoms with van der Waals surface area (Å²) in [6.45, 7) is 0.0731. The summed E-state index contributed by atoms with van der Waals surface area (Å²) < 4.78 is 24.3. The van der Waals surface area contributed by atoms with Gasteiger partial charge in [-0.1, -0.05) is 25.1 Å². The number of nitrogens with one attached hydrogen (secondary N) is 1. The topological polar surface area (TPSA) is 92.5 Å². The van der Waals surface area contributed by atoms with Crippen molar-refractivity contribution in [2.75, 3.05) is 26.4 Å². The van der Waals surface area contributed by atoms with Gasteiger partial charge in [-0.15, -0.1) is 0 Å². The minimum atomic E-state index is -3.30. The third kappa shape index (κ3) is 3.64. The lowest BCUT2D eigenvalue weighted by atomic mass is 9.85. The highest BCUT2D eigenvalue weighted by Crippen LogP contribution is 2.38. The summed E-state index contributed by atoms with van der Waals surface area (Å²) in [6, 6.07) is 0. The summed E-state index contributed by atoms with van der Waals surface area (Å²) in [5.41, 5.74) is 4.90. The summed E-state index contributed by atoms with van der Waals surface area (Å²) in [4.78, 5) is 12.4. The molecule has 8 heteroatoms. The van der Waals surface area contributed by atoms with Gasteiger partial charge in [-0.25, -0.2) is 12.7 Å². The number of sulfonamides is 1. The predicted octanol–water partition coefficient (Wildman–Crippen LogP) is -0.159. The zero-order chi connectivity index (χ0) is 14.7. The second-order valence-corrected chi connectivity index (χ2v) is 7.75. The first-order valence-corrected chi connectivity index (χ1v) is 8.22. The quantitative estimate of drug-likeness (QED) is 0.665. The predicted molar refractivity (Wildman–Crippen MR) is 78.2 cm³/mol. The highest BCUT2D eigenvalue weighted by Gasteiger charge is 2.43. The Bertz CT molecular complexity index is 454. The molecule has 1 aliphatic rings. The van der Waals surface area contributed by atoms with Crippen LogP contribution in [-0.4, -0.2) is 50.0 Å². The molecule has 1 aliphatic carbocycles. The van der Waals surface area contributed by atoms with Crippen LogP contribution in [0.1, 0.15) is 25.7 Å². The summed E-state index contributed by atoms with van der Waals surface area (Å²) in [5.74, 6) is -0.370. The lowest BCUT2D eigenvalue weighted by molar-refractivity contribution is -0.127. The third-order valence-electron chi connectivity index (χ3n) is 3.57. The number of nitrogens with two attached hydrogens (primary N) is 1. The second-order valence-electron chi connectivity index (χ2n) is 5.01. The van der Waals surface area contributed by atoms with Crippen molar-refractivity contribution in [1.82, 2.24) is 9.62 Å². The van der Waals surface area contributed by atoms with E-state index in [4.69, 9.17) is 18.0 Å². The average Bonchev–Trinajstić information content (AvgIpc) is 2.78. The van der Waals surface area contributed by atoms with Gasteiger partial charge in [0.2, 0.25) is 15.9 Å². The number of thiocarbonyl (C=S) groups is 1. The van der Waals surface area contributed by atoms with Gasteiger partial charge in [-0.3, -0.25) is 4.79 Å². The van der Waals surface area contributed by atoms with Crippen molar-refractivity contribution < 1.29 is 13.2 Å². The molecular formula is C11H21N3O3S2. The molecule has 19 heavy (non-hydrogen) atoms. The number of rotatable bonds is 6. The fraction of sp³-hybridized carbons (Fsp3) is 0.818. The highest BCUT2D eigenvalue weighted by molar-refractivity contribution is 7.89. The van der Waals surface area contributed by atoms with Crippen molar-refractivity contribution in [3.8, 4) is 0 Å². The maximum Gasteiger partial charge on any atom is 0.233 e. The van der Waals surface area contributed by atoms with Crippen LogP contribution < -0.4 is 11.1 Å². The Labute approximate surface area is 119 Å². The van der Waals surface area contributed by atoms with Crippen molar-refractivity contribution in [3.63, 3.8) is 0 Å². The summed E-state index contributed by atoms with van der Waals surface area (Å²) >= 11 is 5.00. The molecule has 0 spiro atoms. The lowest BCUT2D eigenvalue weighted by Gasteiger charge is -2.26. The molecule has 0 heterocycles. The molecule has 6 nitrogen and oxygen atoms in total. The standard InChI is InChI=1S/C11H21N3O3S2/c1-14(2)19(16,17)8-7-13-10(15)11(9(12)18)5-3-4-6-11/h3-8H2,1-2H3,(H2,12,18)(H,13,15). The SMILES string of the molecule is CN(C)S(=O)(=O)CCNC(=O)C1(C(N)=S)CCCC1. The van der Waals surface area contributed by atoms with Crippen LogP contribution in [0.15, 0.2) is 0 Å². The normalized spacial score (nSPS) is 18.5. The molecule has 1 fully saturated rings. The van der Waals surface area contributed by atoms with Crippen LogP contribution in [0.2, 0.25) is 0 Å². The van der Waals surface area contributed by atoms with Crippen LogP contribution in [0.3, 0.4) is 0 Å².